The third kappa shape index (κ3) is 4.42. The number of imide groups is 1. The van der Waals surface area contributed by atoms with Gasteiger partial charge in [0, 0.05) is 23.2 Å². The van der Waals surface area contributed by atoms with Gasteiger partial charge >= 0.3 is 6.03 Å². The summed E-state index contributed by atoms with van der Waals surface area (Å²) in [4.78, 5) is 25.2. The highest BCUT2D eigenvalue weighted by molar-refractivity contribution is 6.31. The molecular weight excluding hydrogens is 309 g/mol. The molecule has 0 radical (unpaired) electrons. The molecule has 5 nitrogen and oxygen atoms in total. The fourth-order valence-corrected chi connectivity index (χ4v) is 2.16. The van der Waals surface area contributed by atoms with E-state index in [-0.39, 0.29) is 12.6 Å². The molecule has 1 atom stereocenters. The Morgan fingerprint density at radius 3 is 2.73 bits per heavy atom. The van der Waals surface area contributed by atoms with Gasteiger partial charge in [0.2, 0.25) is 5.91 Å². The highest BCUT2D eigenvalue weighted by Gasteiger charge is 2.26. The molecule has 1 saturated carbocycles. The Bertz CT molecular complexity index is 558. The molecule has 1 aromatic rings. The van der Waals surface area contributed by atoms with Crippen molar-refractivity contribution >= 4 is 23.5 Å². The van der Waals surface area contributed by atoms with Crippen LogP contribution in [0.3, 0.4) is 0 Å². The fourth-order valence-electron chi connectivity index (χ4n) is 1.94. The molecule has 1 aliphatic rings. The minimum absolute atomic E-state index is 0.171. The molecule has 1 unspecified atom stereocenters. The van der Waals surface area contributed by atoms with Gasteiger partial charge in [0.05, 0.1) is 6.04 Å². The van der Waals surface area contributed by atoms with Gasteiger partial charge < -0.3 is 5.32 Å². The predicted molar refractivity (Wildman–Crippen MR) is 82.0 cm³/mol. The molecule has 0 aromatic heterocycles. The lowest BCUT2D eigenvalue weighted by atomic mass is 10.1. The number of amides is 3. The van der Waals surface area contributed by atoms with Crippen molar-refractivity contribution in [1.82, 2.24) is 15.5 Å². The van der Waals surface area contributed by atoms with Gasteiger partial charge in [-0.15, -0.1) is 0 Å². The van der Waals surface area contributed by atoms with Crippen molar-refractivity contribution in [3.63, 3.8) is 0 Å². The number of nitrogens with one attached hydrogen (secondary N) is 2. The normalized spacial score (nSPS) is 15.5. The van der Waals surface area contributed by atoms with E-state index in [0.717, 1.165) is 12.8 Å². The van der Waals surface area contributed by atoms with Crippen molar-refractivity contribution in [1.29, 1.82) is 0 Å². The first-order valence-electron chi connectivity index (χ1n) is 7.13. The van der Waals surface area contributed by atoms with Gasteiger partial charge in [-0.05, 0) is 38.9 Å². The monoisotopic (exact) mass is 327 g/mol. The van der Waals surface area contributed by atoms with Crippen LogP contribution >= 0.6 is 11.6 Å². The van der Waals surface area contributed by atoms with Gasteiger partial charge in [0.1, 0.15) is 5.82 Å². The van der Waals surface area contributed by atoms with Crippen LogP contribution in [-0.2, 0) is 11.3 Å². The van der Waals surface area contributed by atoms with E-state index >= 15 is 0 Å². The molecule has 1 fully saturated rings. The van der Waals surface area contributed by atoms with Gasteiger partial charge in [-0.1, -0.05) is 17.7 Å². The van der Waals surface area contributed by atoms with Crippen molar-refractivity contribution in [2.45, 2.75) is 38.4 Å². The van der Waals surface area contributed by atoms with Crippen LogP contribution in [0.15, 0.2) is 18.2 Å². The van der Waals surface area contributed by atoms with Gasteiger partial charge in [0.25, 0.3) is 0 Å². The fraction of sp³-hybridized carbons (Fsp3) is 0.467. The standard InChI is InChI=1S/C15H19ClFN3O2/c1-9(14(21)19-15(22)18-10-6-7-10)20(2)8-11-12(16)4-3-5-13(11)17/h3-5,9-10H,6-8H2,1-2H3,(H2,18,19,21,22). The molecule has 0 aliphatic heterocycles. The summed E-state index contributed by atoms with van der Waals surface area (Å²) in [5.41, 5.74) is 0.328. The number of hydrogen-bond acceptors (Lipinski definition) is 3. The Balaban J connectivity index is 1.91. The van der Waals surface area contributed by atoms with E-state index in [0.29, 0.717) is 10.6 Å². The molecule has 0 bridgehead atoms. The average molecular weight is 328 g/mol. The number of rotatable bonds is 5. The Morgan fingerprint density at radius 2 is 2.14 bits per heavy atom. The second-order valence-corrected chi connectivity index (χ2v) is 5.94. The summed E-state index contributed by atoms with van der Waals surface area (Å²) < 4.78 is 13.8. The molecule has 7 heteroatoms. The van der Waals surface area contributed by atoms with Crippen LogP contribution in [0.25, 0.3) is 0 Å². The lowest BCUT2D eigenvalue weighted by Gasteiger charge is -2.24. The van der Waals surface area contributed by atoms with E-state index < -0.39 is 23.8 Å². The van der Waals surface area contributed by atoms with Crippen molar-refractivity contribution in [2.75, 3.05) is 7.05 Å². The summed E-state index contributed by atoms with van der Waals surface area (Å²) in [6, 6.07) is 3.54. The Morgan fingerprint density at radius 1 is 1.45 bits per heavy atom. The number of hydrogen-bond donors (Lipinski definition) is 2. The Hall–Kier alpha value is -1.66. The summed E-state index contributed by atoms with van der Waals surface area (Å²) in [5.74, 6) is -0.855. The van der Waals surface area contributed by atoms with Gasteiger partial charge in [0.15, 0.2) is 0 Å². The zero-order chi connectivity index (χ0) is 16.3. The van der Waals surface area contributed by atoms with Crippen LogP contribution < -0.4 is 10.6 Å². The number of nitrogens with zero attached hydrogens (tertiary/aromatic N) is 1. The van der Waals surface area contributed by atoms with E-state index in [1.807, 2.05) is 0 Å². The van der Waals surface area contributed by atoms with Crippen LogP contribution in [0.4, 0.5) is 9.18 Å². The maximum Gasteiger partial charge on any atom is 0.321 e. The number of halogens is 2. The first-order valence-corrected chi connectivity index (χ1v) is 7.50. The first kappa shape index (κ1) is 16.7. The zero-order valence-electron chi connectivity index (χ0n) is 12.5. The molecule has 2 N–H and O–H groups in total. The number of carbonyl (C=O) groups is 2. The first-order chi connectivity index (χ1) is 10.4. The number of carbonyl (C=O) groups excluding carboxylic acids is 2. The lowest BCUT2D eigenvalue weighted by molar-refractivity contribution is -0.124. The third-order valence-corrected chi connectivity index (χ3v) is 4.01. The van der Waals surface area contributed by atoms with Crippen molar-refractivity contribution < 1.29 is 14.0 Å². The van der Waals surface area contributed by atoms with E-state index in [1.165, 1.54) is 12.1 Å². The summed E-state index contributed by atoms with van der Waals surface area (Å²) in [5, 5.41) is 5.28. The molecular formula is C15H19ClFN3O2. The van der Waals surface area contributed by atoms with E-state index in [2.05, 4.69) is 10.6 Å². The van der Waals surface area contributed by atoms with E-state index in [4.69, 9.17) is 11.6 Å². The van der Waals surface area contributed by atoms with E-state index in [1.54, 1.807) is 24.9 Å². The number of benzene rings is 1. The topological polar surface area (TPSA) is 61.4 Å². The molecule has 22 heavy (non-hydrogen) atoms. The van der Waals surface area contributed by atoms with E-state index in [9.17, 15) is 14.0 Å². The maximum absolute atomic E-state index is 13.8. The molecule has 120 valence electrons. The second-order valence-electron chi connectivity index (χ2n) is 5.53. The van der Waals surface area contributed by atoms with Crippen LogP contribution in [0.1, 0.15) is 25.3 Å². The zero-order valence-corrected chi connectivity index (χ0v) is 13.3. The summed E-state index contributed by atoms with van der Waals surface area (Å²) in [6.45, 7) is 1.82. The van der Waals surface area contributed by atoms with Crippen molar-refractivity contribution in [2.24, 2.45) is 0 Å². The number of urea groups is 1. The van der Waals surface area contributed by atoms with Crippen LogP contribution in [-0.4, -0.2) is 36.0 Å². The van der Waals surface area contributed by atoms with Gasteiger partial charge in [-0.25, -0.2) is 9.18 Å². The summed E-state index contributed by atoms with van der Waals surface area (Å²) >= 11 is 5.98. The van der Waals surface area contributed by atoms with Crippen LogP contribution in [0, 0.1) is 5.82 Å². The molecule has 2 rings (SSSR count). The van der Waals surface area contributed by atoms with Crippen molar-refractivity contribution in [3.8, 4) is 0 Å². The van der Waals surface area contributed by atoms with Crippen LogP contribution in [0.5, 0.6) is 0 Å². The Labute approximate surface area is 133 Å². The smallest absolute Gasteiger partial charge is 0.321 e. The molecule has 1 aromatic carbocycles. The third-order valence-electron chi connectivity index (χ3n) is 3.66. The summed E-state index contributed by atoms with van der Waals surface area (Å²) in [6.07, 6.45) is 1.89. The highest BCUT2D eigenvalue weighted by atomic mass is 35.5. The molecule has 1 aliphatic carbocycles. The highest BCUT2D eigenvalue weighted by Crippen LogP contribution is 2.21. The van der Waals surface area contributed by atoms with Gasteiger partial charge in [-0.2, -0.15) is 0 Å². The molecule has 3 amide bonds. The summed E-state index contributed by atoms with van der Waals surface area (Å²) in [7, 11) is 1.67. The largest absolute Gasteiger partial charge is 0.335 e. The minimum Gasteiger partial charge on any atom is -0.335 e. The lowest BCUT2D eigenvalue weighted by Crippen LogP contribution is -2.48. The number of likely N-dealkylation sites (N-methyl/N-ethyl adjacent to an activating group) is 1. The molecule has 0 saturated heterocycles. The van der Waals surface area contributed by atoms with Crippen molar-refractivity contribution in [3.05, 3.63) is 34.6 Å². The predicted octanol–water partition coefficient (Wildman–Crippen LogP) is 2.29. The molecule has 0 spiro atoms. The average Bonchev–Trinajstić information content (AvgIpc) is 3.25. The Kier molecular flexibility index (Phi) is 5.37. The second kappa shape index (κ2) is 7.07. The van der Waals surface area contributed by atoms with Crippen LogP contribution in [0.2, 0.25) is 5.02 Å². The quantitative estimate of drug-likeness (QED) is 0.872. The minimum atomic E-state index is -0.597. The maximum atomic E-state index is 13.8. The SMILES string of the molecule is CC(C(=O)NC(=O)NC1CC1)N(C)Cc1c(F)cccc1Cl. The van der Waals surface area contributed by atoms with Gasteiger partial charge in [-0.3, -0.25) is 15.0 Å². The molecule has 0 heterocycles.